The average Bonchev–Trinajstić information content (AvgIpc) is 2.39. The molecule has 0 aliphatic rings. The van der Waals surface area contributed by atoms with E-state index in [0.717, 1.165) is 18.7 Å². The van der Waals surface area contributed by atoms with Crippen LogP contribution in [-0.2, 0) is 6.42 Å². The molecular formula is C13H23N5O2. The van der Waals surface area contributed by atoms with E-state index in [1.54, 1.807) is 12.1 Å². The molecule has 1 rings (SSSR count). The van der Waals surface area contributed by atoms with Crippen LogP contribution >= 0.6 is 0 Å². The highest BCUT2D eigenvalue weighted by molar-refractivity contribution is 5.33. The zero-order chi connectivity index (χ0) is 15.0. The highest BCUT2D eigenvalue weighted by atomic mass is 16.6. The number of hydrogen-bond donors (Lipinski definition) is 3. The molecule has 0 amide bonds. The molecule has 112 valence electrons. The third kappa shape index (κ3) is 5.62. The van der Waals surface area contributed by atoms with E-state index in [-0.39, 0.29) is 11.7 Å². The summed E-state index contributed by atoms with van der Waals surface area (Å²) in [6.07, 6.45) is 0.670. The second-order valence-corrected chi connectivity index (χ2v) is 4.77. The zero-order valence-electron chi connectivity index (χ0n) is 11.6. The van der Waals surface area contributed by atoms with Gasteiger partial charge >= 0.3 is 0 Å². The maximum atomic E-state index is 10.6. The van der Waals surface area contributed by atoms with E-state index in [9.17, 15) is 10.1 Å². The quantitative estimate of drug-likeness (QED) is 0.421. The molecule has 0 saturated carbocycles. The first kappa shape index (κ1) is 16.5. The standard InChI is InChI=1S/C13H23N5O2/c14-5-7-17(8-6-15)10-12(16)9-11-1-3-13(4-2-11)18(19)20/h1-4,12H,5-10,14-16H2. The lowest BCUT2D eigenvalue weighted by Crippen LogP contribution is -2.43. The van der Waals surface area contributed by atoms with Gasteiger partial charge in [0.25, 0.3) is 5.69 Å². The van der Waals surface area contributed by atoms with Crippen LogP contribution in [0.2, 0.25) is 0 Å². The van der Waals surface area contributed by atoms with Gasteiger partial charge in [0.2, 0.25) is 0 Å². The Morgan fingerprint density at radius 1 is 1.15 bits per heavy atom. The Bertz CT molecular complexity index is 404. The Hall–Kier alpha value is -1.54. The highest BCUT2D eigenvalue weighted by Crippen LogP contribution is 2.13. The molecule has 0 fully saturated rings. The van der Waals surface area contributed by atoms with Crippen molar-refractivity contribution in [3.8, 4) is 0 Å². The predicted molar refractivity (Wildman–Crippen MR) is 79.3 cm³/mol. The van der Waals surface area contributed by atoms with Gasteiger partial charge < -0.3 is 17.2 Å². The van der Waals surface area contributed by atoms with Crippen molar-refractivity contribution in [2.24, 2.45) is 17.2 Å². The van der Waals surface area contributed by atoms with E-state index < -0.39 is 4.92 Å². The van der Waals surface area contributed by atoms with Crippen molar-refractivity contribution >= 4 is 5.69 Å². The highest BCUT2D eigenvalue weighted by Gasteiger charge is 2.11. The molecule has 0 radical (unpaired) electrons. The Balaban J connectivity index is 2.51. The number of nitrogens with two attached hydrogens (primary N) is 3. The number of nitrogens with zero attached hydrogens (tertiary/aromatic N) is 2. The Morgan fingerprint density at radius 3 is 2.15 bits per heavy atom. The van der Waals surface area contributed by atoms with Gasteiger partial charge in [0, 0.05) is 50.9 Å². The molecule has 0 aliphatic heterocycles. The van der Waals surface area contributed by atoms with Crippen molar-refractivity contribution in [1.29, 1.82) is 0 Å². The van der Waals surface area contributed by atoms with Crippen molar-refractivity contribution in [3.05, 3.63) is 39.9 Å². The SMILES string of the molecule is NCCN(CCN)CC(N)Cc1ccc([N+](=O)[O-])cc1. The van der Waals surface area contributed by atoms with Crippen molar-refractivity contribution in [1.82, 2.24) is 4.90 Å². The van der Waals surface area contributed by atoms with Crippen LogP contribution in [-0.4, -0.2) is 48.6 Å². The first-order valence-electron chi connectivity index (χ1n) is 6.68. The molecule has 7 nitrogen and oxygen atoms in total. The van der Waals surface area contributed by atoms with Crippen LogP contribution in [0.3, 0.4) is 0 Å². The molecule has 0 spiro atoms. The monoisotopic (exact) mass is 281 g/mol. The minimum absolute atomic E-state index is 0.0467. The molecule has 0 heterocycles. The molecule has 1 aromatic rings. The molecule has 1 unspecified atom stereocenters. The fraction of sp³-hybridized carbons (Fsp3) is 0.538. The minimum atomic E-state index is -0.409. The summed E-state index contributed by atoms with van der Waals surface area (Å²) in [6, 6.07) is 6.44. The van der Waals surface area contributed by atoms with Gasteiger partial charge in [-0.3, -0.25) is 15.0 Å². The molecule has 0 bridgehead atoms. The average molecular weight is 281 g/mol. The lowest BCUT2D eigenvalue weighted by molar-refractivity contribution is -0.384. The van der Waals surface area contributed by atoms with Gasteiger partial charge in [0.05, 0.1) is 4.92 Å². The molecule has 0 aliphatic carbocycles. The summed E-state index contributed by atoms with van der Waals surface area (Å²) in [7, 11) is 0. The number of rotatable bonds is 9. The van der Waals surface area contributed by atoms with E-state index in [2.05, 4.69) is 4.90 Å². The van der Waals surface area contributed by atoms with Crippen LogP contribution in [0.15, 0.2) is 24.3 Å². The smallest absolute Gasteiger partial charge is 0.269 e. The summed E-state index contributed by atoms with van der Waals surface area (Å²) >= 11 is 0. The number of hydrogen-bond acceptors (Lipinski definition) is 6. The second kappa shape index (κ2) is 8.60. The fourth-order valence-corrected chi connectivity index (χ4v) is 2.11. The minimum Gasteiger partial charge on any atom is -0.329 e. The van der Waals surface area contributed by atoms with Crippen molar-refractivity contribution in [3.63, 3.8) is 0 Å². The van der Waals surface area contributed by atoms with E-state index in [4.69, 9.17) is 17.2 Å². The molecular weight excluding hydrogens is 258 g/mol. The number of nitro groups is 1. The molecule has 1 atom stereocenters. The normalized spacial score (nSPS) is 12.6. The van der Waals surface area contributed by atoms with Gasteiger partial charge in [-0.05, 0) is 12.0 Å². The van der Waals surface area contributed by atoms with E-state index in [0.29, 0.717) is 26.1 Å². The van der Waals surface area contributed by atoms with Crippen molar-refractivity contribution < 1.29 is 4.92 Å². The van der Waals surface area contributed by atoms with Crippen LogP contribution in [0.5, 0.6) is 0 Å². The summed E-state index contributed by atoms with van der Waals surface area (Å²) in [5, 5.41) is 10.6. The Morgan fingerprint density at radius 2 is 1.70 bits per heavy atom. The molecule has 7 heteroatoms. The van der Waals surface area contributed by atoms with Gasteiger partial charge in [-0.25, -0.2) is 0 Å². The largest absolute Gasteiger partial charge is 0.329 e. The van der Waals surface area contributed by atoms with Crippen LogP contribution in [0.4, 0.5) is 5.69 Å². The third-order valence-corrected chi connectivity index (χ3v) is 3.03. The second-order valence-electron chi connectivity index (χ2n) is 4.77. The van der Waals surface area contributed by atoms with Gasteiger partial charge in [0.15, 0.2) is 0 Å². The van der Waals surface area contributed by atoms with Crippen LogP contribution < -0.4 is 17.2 Å². The zero-order valence-corrected chi connectivity index (χ0v) is 11.6. The summed E-state index contributed by atoms with van der Waals surface area (Å²) < 4.78 is 0. The van der Waals surface area contributed by atoms with Crippen LogP contribution in [0, 0.1) is 10.1 Å². The summed E-state index contributed by atoms with van der Waals surface area (Å²) in [5.41, 5.74) is 18.3. The van der Waals surface area contributed by atoms with E-state index in [1.165, 1.54) is 12.1 Å². The summed E-state index contributed by atoms with van der Waals surface area (Å²) in [5.74, 6) is 0. The van der Waals surface area contributed by atoms with Crippen LogP contribution in [0.25, 0.3) is 0 Å². The first-order valence-corrected chi connectivity index (χ1v) is 6.68. The van der Waals surface area contributed by atoms with E-state index in [1.807, 2.05) is 0 Å². The molecule has 20 heavy (non-hydrogen) atoms. The molecule has 1 aromatic carbocycles. The number of nitro benzene ring substituents is 1. The van der Waals surface area contributed by atoms with Crippen molar-refractivity contribution in [2.75, 3.05) is 32.7 Å². The predicted octanol–water partition coefficient (Wildman–Crippen LogP) is -0.316. The van der Waals surface area contributed by atoms with E-state index >= 15 is 0 Å². The summed E-state index contributed by atoms with van der Waals surface area (Å²) in [6.45, 7) is 3.40. The Labute approximate surface area is 118 Å². The Kier molecular flexibility index (Phi) is 7.10. The number of non-ortho nitro benzene ring substituents is 1. The third-order valence-electron chi connectivity index (χ3n) is 3.03. The van der Waals surface area contributed by atoms with Gasteiger partial charge in [-0.15, -0.1) is 0 Å². The molecule has 0 saturated heterocycles. The fourth-order valence-electron chi connectivity index (χ4n) is 2.11. The number of benzene rings is 1. The lowest BCUT2D eigenvalue weighted by atomic mass is 10.1. The molecule has 0 aromatic heterocycles. The summed E-state index contributed by atoms with van der Waals surface area (Å²) in [4.78, 5) is 12.3. The van der Waals surface area contributed by atoms with Gasteiger partial charge in [0.1, 0.15) is 0 Å². The van der Waals surface area contributed by atoms with Gasteiger partial charge in [-0.2, -0.15) is 0 Å². The lowest BCUT2D eigenvalue weighted by Gasteiger charge is -2.24. The maximum absolute atomic E-state index is 10.6. The molecule has 6 N–H and O–H groups in total. The van der Waals surface area contributed by atoms with Crippen molar-refractivity contribution in [2.45, 2.75) is 12.5 Å². The van der Waals surface area contributed by atoms with Crippen LogP contribution in [0.1, 0.15) is 5.56 Å². The van der Waals surface area contributed by atoms with Gasteiger partial charge in [-0.1, -0.05) is 12.1 Å². The first-order chi connectivity index (χ1) is 9.56. The maximum Gasteiger partial charge on any atom is 0.269 e. The topological polar surface area (TPSA) is 124 Å².